The van der Waals surface area contributed by atoms with Crippen molar-refractivity contribution in [3.8, 4) is 0 Å². The van der Waals surface area contributed by atoms with Gasteiger partial charge in [-0.05, 0) is 59.9 Å². The fraction of sp³-hybridized carbons (Fsp3) is 0.0909. The molecule has 0 aliphatic rings. The number of nitro groups is 1. The highest BCUT2D eigenvalue weighted by atomic mass is 19.1. The van der Waals surface area contributed by atoms with Gasteiger partial charge >= 0.3 is 5.82 Å². The summed E-state index contributed by atoms with van der Waals surface area (Å²) in [5.74, 6) is -0.712. The van der Waals surface area contributed by atoms with Crippen LogP contribution in [0.1, 0.15) is 28.9 Å². The van der Waals surface area contributed by atoms with Gasteiger partial charge in [-0.1, -0.05) is 18.2 Å². The van der Waals surface area contributed by atoms with Crippen LogP contribution in [0.4, 0.5) is 21.7 Å². The smallest absolute Gasteiger partial charge is 0.358 e. The Balaban J connectivity index is 1.49. The second-order valence-electron chi connectivity index (χ2n) is 6.92. The zero-order valence-corrected chi connectivity index (χ0v) is 16.4. The molecule has 1 unspecified atom stereocenters. The molecule has 0 aliphatic heterocycles. The number of benzene rings is 2. The van der Waals surface area contributed by atoms with Gasteiger partial charge < -0.3 is 20.7 Å². The highest BCUT2D eigenvalue weighted by Gasteiger charge is 2.23. The molecular weight excluding hydrogens is 401 g/mol. The van der Waals surface area contributed by atoms with Crippen molar-refractivity contribution in [2.75, 3.05) is 10.6 Å². The van der Waals surface area contributed by atoms with Crippen LogP contribution in [0.15, 0.2) is 72.9 Å². The van der Waals surface area contributed by atoms with Gasteiger partial charge in [0.1, 0.15) is 5.82 Å². The molecule has 2 aromatic carbocycles. The van der Waals surface area contributed by atoms with E-state index in [0.717, 1.165) is 5.56 Å². The lowest BCUT2D eigenvalue weighted by atomic mass is 10.1. The number of pyridine rings is 1. The molecule has 0 radical (unpaired) electrons. The minimum absolute atomic E-state index is 0.134. The number of halogens is 1. The molecule has 1 amide bonds. The number of rotatable bonds is 6. The number of hydrogen-bond acceptors (Lipinski definition) is 5. The van der Waals surface area contributed by atoms with Crippen molar-refractivity contribution in [1.82, 2.24) is 9.38 Å². The van der Waals surface area contributed by atoms with Gasteiger partial charge in [-0.15, -0.1) is 0 Å². The maximum Gasteiger partial charge on any atom is 0.372 e. The predicted molar refractivity (Wildman–Crippen MR) is 115 cm³/mol. The highest BCUT2D eigenvalue weighted by molar-refractivity contribution is 6.04. The Morgan fingerprint density at radius 1 is 1.10 bits per heavy atom. The summed E-state index contributed by atoms with van der Waals surface area (Å²) < 4.78 is 14.4. The zero-order chi connectivity index (χ0) is 22.0. The molecule has 9 heteroatoms. The van der Waals surface area contributed by atoms with E-state index in [1.165, 1.54) is 28.7 Å². The van der Waals surface area contributed by atoms with Gasteiger partial charge in [0.25, 0.3) is 5.91 Å². The minimum Gasteiger partial charge on any atom is -0.358 e. The normalized spacial score (nSPS) is 11.8. The van der Waals surface area contributed by atoms with E-state index in [-0.39, 0.29) is 23.6 Å². The van der Waals surface area contributed by atoms with E-state index in [0.29, 0.717) is 16.9 Å². The van der Waals surface area contributed by atoms with E-state index in [1.807, 2.05) is 6.92 Å². The molecule has 0 fully saturated rings. The van der Waals surface area contributed by atoms with Crippen molar-refractivity contribution in [3.05, 3.63) is 100.0 Å². The Morgan fingerprint density at radius 3 is 2.48 bits per heavy atom. The molecule has 0 saturated heterocycles. The van der Waals surface area contributed by atoms with Crippen LogP contribution in [0.3, 0.4) is 0 Å². The van der Waals surface area contributed by atoms with E-state index in [4.69, 9.17) is 0 Å². The van der Waals surface area contributed by atoms with Gasteiger partial charge in [0.15, 0.2) is 0 Å². The molecule has 2 N–H and O–H groups in total. The largest absolute Gasteiger partial charge is 0.372 e. The Hall–Kier alpha value is -4.27. The molecular formula is C22H18FN5O3. The first kappa shape index (κ1) is 20.0. The first-order valence-corrected chi connectivity index (χ1v) is 9.47. The summed E-state index contributed by atoms with van der Waals surface area (Å²) in [7, 11) is 0. The van der Waals surface area contributed by atoms with Crippen LogP contribution < -0.4 is 10.6 Å². The molecule has 2 heterocycles. The van der Waals surface area contributed by atoms with Crippen molar-refractivity contribution < 1.29 is 14.1 Å². The summed E-state index contributed by atoms with van der Waals surface area (Å²) in [5, 5.41) is 17.4. The number of carbonyl (C=O) groups excluding carboxylic acids is 1. The van der Waals surface area contributed by atoms with Gasteiger partial charge in [0, 0.05) is 17.3 Å². The minimum atomic E-state index is -0.469. The van der Waals surface area contributed by atoms with Crippen LogP contribution in [0.2, 0.25) is 0 Å². The molecule has 0 spiro atoms. The molecule has 0 aliphatic carbocycles. The third-order valence-corrected chi connectivity index (χ3v) is 4.81. The summed E-state index contributed by atoms with van der Waals surface area (Å²) in [5.41, 5.74) is 2.25. The Morgan fingerprint density at radius 2 is 1.81 bits per heavy atom. The molecule has 4 rings (SSSR count). The van der Waals surface area contributed by atoms with Crippen molar-refractivity contribution in [2.45, 2.75) is 13.0 Å². The Labute approximate surface area is 176 Å². The third kappa shape index (κ3) is 4.20. The van der Waals surface area contributed by atoms with Gasteiger partial charge in [-0.25, -0.2) is 4.39 Å². The van der Waals surface area contributed by atoms with Gasteiger partial charge in [-0.3, -0.25) is 4.79 Å². The van der Waals surface area contributed by atoms with Gasteiger partial charge in [0.05, 0.1) is 12.2 Å². The summed E-state index contributed by atoms with van der Waals surface area (Å²) in [6.07, 6.45) is 1.59. The molecule has 156 valence electrons. The first-order chi connectivity index (χ1) is 14.9. The molecule has 4 aromatic rings. The number of anilines is 2. The number of amides is 1. The SMILES string of the molecule is CC(Nc1nc2ccccn2c1[N+](=O)[O-])c1ccc(NC(=O)c2ccc(F)cc2)cc1. The van der Waals surface area contributed by atoms with Crippen LogP contribution in [0.5, 0.6) is 0 Å². The Kier molecular flexibility index (Phi) is 5.31. The maximum atomic E-state index is 13.0. The number of fused-ring (bicyclic) bond motifs is 1. The zero-order valence-electron chi connectivity index (χ0n) is 16.4. The lowest BCUT2D eigenvalue weighted by Gasteiger charge is -2.14. The van der Waals surface area contributed by atoms with E-state index >= 15 is 0 Å². The predicted octanol–water partition coefficient (Wildman–Crippen LogP) is 4.81. The number of hydrogen-bond donors (Lipinski definition) is 2. The number of nitrogens with zero attached hydrogens (tertiary/aromatic N) is 3. The van der Waals surface area contributed by atoms with Crippen molar-refractivity contribution >= 4 is 28.9 Å². The quantitative estimate of drug-likeness (QED) is 0.345. The average Bonchev–Trinajstić information content (AvgIpc) is 3.12. The molecule has 0 bridgehead atoms. The van der Waals surface area contributed by atoms with Crippen molar-refractivity contribution in [3.63, 3.8) is 0 Å². The fourth-order valence-corrected chi connectivity index (χ4v) is 3.20. The summed E-state index contributed by atoms with van der Waals surface area (Å²) in [4.78, 5) is 27.6. The topological polar surface area (TPSA) is 102 Å². The lowest BCUT2D eigenvalue weighted by Crippen LogP contribution is -2.12. The van der Waals surface area contributed by atoms with E-state index in [1.54, 1.807) is 48.7 Å². The first-order valence-electron chi connectivity index (χ1n) is 9.47. The second-order valence-corrected chi connectivity index (χ2v) is 6.92. The summed E-state index contributed by atoms with van der Waals surface area (Å²) >= 11 is 0. The van der Waals surface area contributed by atoms with E-state index in [9.17, 15) is 19.3 Å². The highest BCUT2D eigenvalue weighted by Crippen LogP contribution is 2.29. The molecule has 2 aromatic heterocycles. The number of aromatic nitrogens is 2. The van der Waals surface area contributed by atoms with Gasteiger partial charge in [0.2, 0.25) is 11.5 Å². The van der Waals surface area contributed by atoms with Crippen LogP contribution in [-0.4, -0.2) is 20.2 Å². The van der Waals surface area contributed by atoms with Crippen LogP contribution in [-0.2, 0) is 0 Å². The third-order valence-electron chi connectivity index (χ3n) is 4.81. The number of carbonyl (C=O) groups is 1. The molecule has 0 saturated carbocycles. The molecule has 8 nitrogen and oxygen atoms in total. The molecule has 1 atom stereocenters. The van der Waals surface area contributed by atoms with Crippen molar-refractivity contribution in [2.24, 2.45) is 0 Å². The van der Waals surface area contributed by atoms with E-state index in [2.05, 4.69) is 15.6 Å². The summed E-state index contributed by atoms with van der Waals surface area (Å²) in [6.45, 7) is 1.86. The van der Waals surface area contributed by atoms with Crippen molar-refractivity contribution in [1.29, 1.82) is 0 Å². The monoisotopic (exact) mass is 419 g/mol. The maximum absolute atomic E-state index is 13.0. The van der Waals surface area contributed by atoms with Crippen LogP contribution >= 0.6 is 0 Å². The molecule has 31 heavy (non-hydrogen) atoms. The van der Waals surface area contributed by atoms with Crippen LogP contribution in [0, 0.1) is 15.9 Å². The lowest BCUT2D eigenvalue weighted by molar-refractivity contribution is -0.389. The fourth-order valence-electron chi connectivity index (χ4n) is 3.20. The van der Waals surface area contributed by atoms with Crippen LogP contribution in [0.25, 0.3) is 5.65 Å². The van der Waals surface area contributed by atoms with E-state index < -0.39 is 10.7 Å². The number of nitrogens with one attached hydrogen (secondary N) is 2. The average molecular weight is 419 g/mol. The second kappa shape index (κ2) is 8.23. The summed E-state index contributed by atoms with van der Waals surface area (Å²) in [6, 6.07) is 17.2. The Bertz CT molecular complexity index is 1250. The standard InChI is InChI=1S/C22H18FN5O3/c1-14(24-20-22(28(30)31)27-13-3-2-4-19(27)26-20)15-7-11-18(12-8-15)25-21(29)16-5-9-17(23)10-6-16/h2-14,24H,1H3,(H,25,29). The number of imidazole rings is 1. The van der Waals surface area contributed by atoms with Gasteiger partial charge in [-0.2, -0.15) is 9.38 Å².